The van der Waals surface area contributed by atoms with Gasteiger partial charge in [0.2, 0.25) is 5.89 Å². The summed E-state index contributed by atoms with van der Waals surface area (Å²) in [6.07, 6.45) is 8.63. The number of fused-ring (bicyclic) bond motifs is 1. The van der Waals surface area contributed by atoms with Crippen molar-refractivity contribution in [3.8, 4) is 0 Å². The average Bonchev–Trinajstić information content (AvgIpc) is 3.28. The van der Waals surface area contributed by atoms with Gasteiger partial charge in [0.15, 0.2) is 0 Å². The van der Waals surface area contributed by atoms with Gasteiger partial charge in [0.05, 0.1) is 4.90 Å². The summed E-state index contributed by atoms with van der Waals surface area (Å²) in [6, 6.07) is 5.24. The predicted octanol–water partition coefficient (Wildman–Crippen LogP) is 3.09. The molecule has 4 rings (SSSR count). The SMILES string of the molecule is O=S(=O)(Nc1nnc(CC2CCCC2)o1)c1ccc2c(c1)CCC2. The molecule has 0 radical (unpaired) electrons. The van der Waals surface area contributed by atoms with Crippen molar-refractivity contribution in [2.24, 2.45) is 5.92 Å². The monoisotopic (exact) mass is 347 g/mol. The predicted molar refractivity (Wildman–Crippen MR) is 89.2 cm³/mol. The second kappa shape index (κ2) is 6.20. The molecule has 2 aromatic rings. The first-order valence-corrected chi connectivity index (χ1v) is 10.1. The Kier molecular flexibility index (Phi) is 4.04. The van der Waals surface area contributed by atoms with Crippen molar-refractivity contribution in [1.82, 2.24) is 10.2 Å². The van der Waals surface area contributed by atoms with E-state index in [4.69, 9.17) is 4.42 Å². The molecule has 7 heteroatoms. The molecule has 1 fully saturated rings. The molecule has 1 aromatic heterocycles. The van der Waals surface area contributed by atoms with Gasteiger partial charge in [-0.1, -0.05) is 24.0 Å². The van der Waals surface area contributed by atoms with Crippen molar-refractivity contribution < 1.29 is 12.8 Å². The lowest BCUT2D eigenvalue weighted by Gasteiger charge is -2.06. The molecule has 0 atom stereocenters. The fraction of sp³-hybridized carbons (Fsp3) is 0.529. The highest BCUT2D eigenvalue weighted by Gasteiger charge is 2.22. The van der Waals surface area contributed by atoms with E-state index in [1.165, 1.54) is 31.2 Å². The van der Waals surface area contributed by atoms with Crippen LogP contribution in [-0.4, -0.2) is 18.6 Å². The molecule has 1 heterocycles. The Bertz CT molecular complexity index is 839. The summed E-state index contributed by atoms with van der Waals surface area (Å²) in [5.74, 6) is 1.08. The molecular formula is C17H21N3O3S. The number of anilines is 1. The summed E-state index contributed by atoms with van der Waals surface area (Å²) < 4.78 is 32.9. The van der Waals surface area contributed by atoms with E-state index in [0.717, 1.165) is 31.2 Å². The van der Waals surface area contributed by atoms with Crippen molar-refractivity contribution in [3.63, 3.8) is 0 Å². The van der Waals surface area contributed by atoms with E-state index in [1.807, 2.05) is 6.07 Å². The normalized spacial score (nSPS) is 18.0. The number of aromatic nitrogens is 2. The molecule has 0 bridgehead atoms. The number of aryl methyl sites for hydroxylation is 2. The minimum absolute atomic E-state index is 0.0523. The number of hydrogen-bond donors (Lipinski definition) is 1. The van der Waals surface area contributed by atoms with Crippen molar-refractivity contribution in [1.29, 1.82) is 0 Å². The molecule has 0 amide bonds. The fourth-order valence-electron chi connectivity index (χ4n) is 3.73. The van der Waals surface area contributed by atoms with Gasteiger partial charge in [-0.15, -0.1) is 5.10 Å². The van der Waals surface area contributed by atoms with E-state index >= 15 is 0 Å². The zero-order valence-corrected chi connectivity index (χ0v) is 14.3. The van der Waals surface area contributed by atoms with Crippen molar-refractivity contribution in [2.45, 2.75) is 56.3 Å². The van der Waals surface area contributed by atoms with Gasteiger partial charge in [0.25, 0.3) is 10.0 Å². The number of rotatable bonds is 5. The molecule has 6 nitrogen and oxygen atoms in total. The second-order valence-electron chi connectivity index (χ2n) is 6.75. The number of benzene rings is 1. The lowest BCUT2D eigenvalue weighted by Crippen LogP contribution is -2.13. The Morgan fingerprint density at radius 2 is 1.88 bits per heavy atom. The highest BCUT2D eigenvalue weighted by atomic mass is 32.2. The maximum absolute atomic E-state index is 12.5. The number of sulfonamides is 1. The largest absolute Gasteiger partial charge is 0.407 e. The first kappa shape index (κ1) is 15.6. The minimum Gasteiger partial charge on any atom is -0.407 e. The molecule has 1 saturated carbocycles. The van der Waals surface area contributed by atoms with Gasteiger partial charge < -0.3 is 4.42 Å². The van der Waals surface area contributed by atoms with Crippen LogP contribution in [-0.2, 0) is 29.3 Å². The van der Waals surface area contributed by atoms with Crippen LogP contribution >= 0.6 is 0 Å². The van der Waals surface area contributed by atoms with E-state index in [-0.39, 0.29) is 10.9 Å². The molecule has 1 N–H and O–H groups in total. The molecule has 0 unspecified atom stereocenters. The topological polar surface area (TPSA) is 85.1 Å². The zero-order valence-electron chi connectivity index (χ0n) is 13.5. The molecule has 24 heavy (non-hydrogen) atoms. The third-order valence-electron chi connectivity index (χ3n) is 5.01. The van der Waals surface area contributed by atoms with E-state index in [0.29, 0.717) is 11.8 Å². The first-order valence-electron chi connectivity index (χ1n) is 8.57. The maximum Gasteiger partial charge on any atom is 0.329 e. The fourth-order valence-corrected chi connectivity index (χ4v) is 4.70. The van der Waals surface area contributed by atoms with Crippen LogP contribution in [0, 0.1) is 5.92 Å². The van der Waals surface area contributed by atoms with Gasteiger partial charge in [0, 0.05) is 6.42 Å². The van der Waals surface area contributed by atoms with Crippen LogP contribution in [0.2, 0.25) is 0 Å². The van der Waals surface area contributed by atoms with Crippen LogP contribution in [0.15, 0.2) is 27.5 Å². The minimum atomic E-state index is -3.70. The third kappa shape index (κ3) is 3.17. The van der Waals surface area contributed by atoms with Crippen LogP contribution in [0.3, 0.4) is 0 Å². The van der Waals surface area contributed by atoms with Gasteiger partial charge in [-0.25, -0.2) is 13.1 Å². The molecular weight excluding hydrogens is 326 g/mol. The quantitative estimate of drug-likeness (QED) is 0.898. The van der Waals surface area contributed by atoms with E-state index in [2.05, 4.69) is 14.9 Å². The second-order valence-corrected chi connectivity index (χ2v) is 8.43. The molecule has 0 saturated heterocycles. The summed E-state index contributed by atoms with van der Waals surface area (Å²) in [7, 11) is -3.70. The maximum atomic E-state index is 12.5. The van der Waals surface area contributed by atoms with Crippen molar-refractivity contribution in [2.75, 3.05) is 4.72 Å². The summed E-state index contributed by atoms with van der Waals surface area (Å²) in [6.45, 7) is 0. The standard InChI is InChI=1S/C17H21N3O3S/c21-24(22,15-9-8-13-6-3-7-14(13)11-15)20-17-19-18-16(23-17)10-12-4-1-2-5-12/h8-9,11-12H,1-7,10H2,(H,19,20). The highest BCUT2D eigenvalue weighted by molar-refractivity contribution is 7.92. The molecule has 2 aliphatic carbocycles. The lowest BCUT2D eigenvalue weighted by molar-refractivity contribution is 0.439. The van der Waals surface area contributed by atoms with Crippen LogP contribution in [0.5, 0.6) is 0 Å². The summed E-state index contributed by atoms with van der Waals surface area (Å²) in [4.78, 5) is 0.249. The Labute approximate surface area is 141 Å². The van der Waals surface area contributed by atoms with Gasteiger partial charge in [-0.2, -0.15) is 0 Å². The van der Waals surface area contributed by atoms with Gasteiger partial charge >= 0.3 is 6.01 Å². The Morgan fingerprint density at radius 3 is 2.71 bits per heavy atom. The number of nitrogens with one attached hydrogen (secondary N) is 1. The molecule has 128 valence electrons. The number of hydrogen-bond acceptors (Lipinski definition) is 5. The van der Waals surface area contributed by atoms with Gasteiger partial charge in [-0.05, 0) is 61.3 Å². The van der Waals surface area contributed by atoms with Crippen LogP contribution in [0.4, 0.5) is 6.01 Å². The summed E-state index contributed by atoms with van der Waals surface area (Å²) in [5.41, 5.74) is 2.36. The van der Waals surface area contributed by atoms with Crippen LogP contribution in [0.25, 0.3) is 0 Å². The third-order valence-corrected chi connectivity index (χ3v) is 6.32. The van der Waals surface area contributed by atoms with E-state index in [1.54, 1.807) is 12.1 Å². The Hall–Kier alpha value is -1.89. The lowest BCUT2D eigenvalue weighted by atomic mass is 10.0. The highest BCUT2D eigenvalue weighted by Crippen LogP contribution is 2.28. The van der Waals surface area contributed by atoms with Gasteiger partial charge in [-0.3, -0.25) is 0 Å². The van der Waals surface area contributed by atoms with Crippen LogP contribution < -0.4 is 4.72 Å². The van der Waals surface area contributed by atoms with Crippen molar-refractivity contribution in [3.05, 3.63) is 35.2 Å². The van der Waals surface area contributed by atoms with Crippen LogP contribution in [0.1, 0.15) is 49.1 Å². The van der Waals surface area contributed by atoms with Gasteiger partial charge in [0.1, 0.15) is 0 Å². The van der Waals surface area contributed by atoms with E-state index in [9.17, 15) is 8.42 Å². The summed E-state index contributed by atoms with van der Waals surface area (Å²) >= 11 is 0. The van der Waals surface area contributed by atoms with Crippen molar-refractivity contribution >= 4 is 16.0 Å². The smallest absolute Gasteiger partial charge is 0.329 e. The summed E-state index contributed by atoms with van der Waals surface area (Å²) in [5, 5.41) is 7.81. The molecule has 2 aliphatic rings. The molecule has 0 aliphatic heterocycles. The number of nitrogens with zero attached hydrogens (tertiary/aromatic N) is 2. The Morgan fingerprint density at radius 1 is 1.08 bits per heavy atom. The molecule has 0 spiro atoms. The van der Waals surface area contributed by atoms with E-state index < -0.39 is 10.0 Å². The average molecular weight is 347 g/mol. The zero-order chi connectivity index (χ0) is 16.6. The Balaban J connectivity index is 1.48. The molecule has 1 aromatic carbocycles. The first-order chi connectivity index (χ1) is 11.6.